The molecule has 6 heteroatoms. The summed E-state index contributed by atoms with van der Waals surface area (Å²) in [6.45, 7) is 4.35. The van der Waals surface area contributed by atoms with Crippen LogP contribution in [0, 0.1) is 24.7 Å². The van der Waals surface area contributed by atoms with Crippen LogP contribution in [0.4, 0.5) is 5.82 Å². The number of hydrogen-bond acceptors (Lipinski definition) is 5. The number of nitrogens with zero attached hydrogens (tertiary/aromatic N) is 2. The summed E-state index contributed by atoms with van der Waals surface area (Å²) in [7, 11) is 0. The summed E-state index contributed by atoms with van der Waals surface area (Å²) in [5.74, 6) is 0.979. The third-order valence-electron chi connectivity index (χ3n) is 4.82. The zero-order valence-corrected chi connectivity index (χ0v) is 12.4. The van der Waals surface area contributed by atoms with E-state index in [2.05, 4.69) is 15.3 Å². The molecule has 1 heterocycles. The van der Waals surface area contributed by atoms with Crippen LogP contribution < -0.4 is 10.1 Å². The quantitative estimate of drug-likeness (QED) is 0.864. The molecule has 2 aliphatic rings. The lowest BCUT2D eigenvalue weighted by Gasteiger charge is -2.29. The molecule has 2 bridgehead atoms. The zero-order chi connectivity index (χ0) is 15.0. The van der Waals surface area contributed by atoms with Gasteiger partial charge in [0.2, 0.25) is 5.88 Å². The summed E-state index contributed by atoms with van der Waals surface area (Å²) in [4.78, 5) is 19.9. The van der Waals surface area contributed by atoms with Gasteiger partial charge in [-0.25, -0.2) is 9.97 Å². The van der Waals surface area contributed by atoms with Gasteiger partial charge in [-0.15, -0.1) is 0 Å². The molecular formula is C15H21N3O3. The highest BCUT2D eigenvalue weighted by Gasteiger charge is 2.51. The van der Waals surface area contributed by atoms with E-state index in [1.807, 2.05) is 13.8 Å². The molecule has 4 atom stereocenters. The second-order valence-corrected chi connectivity index (χ2v) is 5.95. The number of rotatable bonds is 5. The van der Waals surface area contributed by atoms with Crippen molar-refractivity contribution in [3.8, 4) is 5.88 Å². The number of nitrogens with one attached hydrogen (secondary N) is 1. The van der Waals surface area contributed by atoms with Crippen molar-refractivity contribution >= 4 is 11.8 Å². The van der Waals surface area contributed by atoms with Crippen LogP contribution in [0.3, 0.4) is 0 Å². The van der Waals surface area contributed by atoms with Gasteiger partial charge in [0.1, 0.15) is 12.1 Å². The van der Waals surface area contributed by atoms with E-state index in [1.54, 1.807) is 0 Å². The Labute approximate surface area is 123 Å². The number of carbonyl (C=O) groups is 1. The van der Waals surface area contributed by atoms with Crippen molar-refractivity contribution in [2.75, 3.05) is 11.9 Å². The minimum absolute atomic E-state index is 0.0377. The Morgan fingerprint density at radius 1 is 1.43 bits per heavy atom. The number of carboxylic acids is 1. The largest absolute Gasteiger partial charge is 0.481 e. The second-order valence-electron chi connectivity index (χ2n) is 5.95. The number of anilines is 1. The molecule has 1 aromatic rings. The van der Waals surface area contributed by atoms with Crippen molar-refractivity contribution < 1.29 is 14.6 Å². The van der Waals surface area contributed by atoms with Crippen molar-refractivity contribution in [1.82, 2.24) is 9.97 Å². The lowest BCUT2D eigenvalue weighted by molar-refractivity contribution is -0.143. The zero-order valence-electron chi connectivity index (χ0n) is 12.4. The van der Waals surface area contributed by atoms with E-state index in [1.165, 1.54) is 6.33 Å². The van der Waals surface area contributed by atoms with Gasteiger partial charge in [-0.05, 0) is 44.9 Å². The predicted octanol–water partition coefficient (Wildman–Crippen LogP) is 2.09. The number of fused-ring (bicyclic) bond motifs is 2. The highest BCUT2D eigenvalue weighted by molar-refractivity contribution is 5.73. The van der Waals surface area contributed by atoms with Gasteiger partial charge in [0.05, 0.1) is 18.1 Å². The normalized spacial score (nSPS) is 30.4. The Balaban J connectivity index is 1.83. The number of hydrogen-bond donors (Lipinski definition) is 2. The lowest BCUT2D eigenvalue weighted by atomic mass is 9.84. The number of ether oxygens (including phenoxy) is 1. The number of aromatic nitrogens is 2. The second kappa shape index (κ2) is 5.50. The Hall–Kier alpha value is -1.85. The van der Waals surface area contributed by atoms with Crippen molar-refractivity contribution in [1.29, 1.82) is 0 Å². The maximum Gasteiger partial charge on any atom is 0.308 e. The molecule has 2 fully saturated rings. The summed E-state index contributed by atoms with van der Waals surface area (Å²) >= 11 is 0. The Bertz CT molecular complexity index is 549. The highest BCUT2D eigenvalue weighted by Crippen LogP contribution is 2.49. The van der Waals surface area contributed by atoms with Gasteiger partial charge in [-0.2, -0.15) is 0 Å². The van der Waals surface area contributed by atoms with Crippen LogP contribution in [0.1, 0.15) is 31.7 Å². The Morgan fingerprint density at radius 2 is 2.19 bits per heavy atom. The maximum atomic E-state index is 11.5. The smallest absolute Gasteiger partial charge is 0.308 e. The monoisotopic (exact) mass is 291 g/mol. The van der Waals surface area contributed by atoms with Crippen LogP contribution in [-0.4, -0.2) is 33.7 Å². The number of carboxylic acid groups (broad SMARTS) is 1. The molecule has 21 heavy (non-hydrogen) atoms. The standard InChI is InChI=1S/C15H21N3O3/c1-3-21-14-8(2)13(16-7-17-14)18-12-10-5-4-9(6-10)11(12)15(19)20/h7,9-12H,3-6H2,1-2H3,(H,19,20)(H,16,17,18). The van der Waals surface area contributed by atoms with E-state index in [9.17, 15) is 9.90 Å². The van der Waals surface area contributed by atoms with Gasteiger partial charge >= 0.3 is 5.97 Å². The summed E-state index contributed by atoms with van der Waals surface area (Å²) in [6, 6.07) is -0.0377. The Morgan fingerprint density at radius 3 is 2.90 bits per heavy atom. The minimum Gasteiger partial charge on any atom is -0.481 e. The molecule has 0 spiro atoms. The van der Waals surface area contributed by atoms with Crippen LogP contribution in [0.15, 0.2) is 6.33 Å². The number of aliphatic carboxylic acids is 1. The van der Waals surface area contributed by atoms with Crippen molar-refractivity contribution in [3.05, 3.63) is 11.9 Å². The van der Waals surface area contributed by atoms with E-state index >= 15 is 0 Å². The molecule has 1 aromatic heterocycles. The minimum atomic E-state index is -0.698. The van der Waals surface area contributed by atoms with Crippen LogP contribution in [0.5, 0.6) is 5.88 Å². The summed E-state index contributed by atoms with van der Waals surface area (Å²) < 4.78 is 5.47. The molecule has 0 aliphatic heterocycles. The molecule has 2 aliphatic carbocycles. The molecule has 2 saturated carbocycles. The molecule has 6 nitrogen and oxygen atoms in total. The average Bonchev–Trinajstić information content (AvgIpc) is 3.04. The van der Waals surface area contributed by atoms with E-state index in [-0.39, 0.29) is 12.0 Å². The highest BCUT2D eigenvalue weighted by atomic mass is 16.5. The van der Waals surface area contributed by atoms with Gasteiger partial charge in [0.25, 0.3) is 0 Å². The fourth-order valence-corrected chi connectivity index (χ4v) is 3.87. The van der Waals surface area contributed by atoms with Crippen molar-refractivity contribution in [2.45, 2.75) is 39.2 Å². The SMILES string of the molecule is CCOc1ncnc(NC2C3CCC(C3)C2C(=O)O)c1C. The summed E-state index contributed by atoms with van der Waals surface area (Å²) in [5, 5.41) is 12.9. The maximum absolute atomic E-state index is 11.5. The van der Waals surface area contributed by atoms with Crippen LogP contribution in [-0.2, 0) is 4.79 Å². The molecule has 114 valence electrons. The van der Waals surface area contributed by atoms with Gasteiger partial charge in [-0.1, -0.05) is 0 Å². The first-order chi connectivity index (χ1) is 10.1. The van der Waals surface area contributed by atoms with E-state index in [0.29, 0.717) is 30.1 Å². The molecule has 3 rings (SSSR count). The van der Waals surface area contributed by atoms with Crippen LogP contribution in [0.25, 0.3) is 0 Å². The van der Waals surface area contributed by atoms with Crippen LogP contribution in [0.2, 0.25) is 0 Å². The fraction of sp³-hybridized carbons (Fsp3) is 0.667. The predicted molar refractivity (Wildman–Crippen MR) is 77.3 cm³/mol. The molecule has 2 N–H and O–H groups in total. The van der Waals surface area contributed by atoms with E-state index in [4.69, 9.17) is 4.74 Å². The lowest BCUT2D eigenvalue weighted by Crippen LogP contribution is -2.39. The summed E-state index contributed by atoms with van der Waals surface area (Å²) in [5.41, 5.74) is 0.839. The average molecular weight is 291 g/mol. The molecule has 0 amide bonds. The first kappa shape index (κ1) is 14.1. The first-order valence-corrected chi connectivity index (χ1v) is 7.55. The van der Waals surface area contributed by atoms with Gasteiger partial charge < -0.3 is 15.2 Å². The molecule has 0 aromatic carbocycles. The van der Waals surface area contributed by atoms with Gasteiger partial charge in [0.15, 0.2) is 0 Å². The van der Waals surface area contributed by atoms with Crippen molar-refractivity contribution in [3.63, 3.8) is 0 Å². The van der Waals surface area contributed by atoms with Crippen molar-refractivity contribution in [2.24, 2.45) is 17.8 Å². The van der Waals surface area contributed by atoms with E-state index < -0.39 is 5.97 Å². The van der Waals surface area contributed by atoms with E-state index in [0.717, 1.165) is 24.8 Å². The molecule has 0 saturated heterocycles. The molecule has 0 radical (unpaired) electrons. The topological polar surface area (TPSA) is 84.3 Å². The van der Waals surface area contributed by atoms with Crippen LogP contribution >= 0.6 is 0 Å². The Kier molecular flexibility index (Phi) is 3.69. The summed E-state index contributed by atoms with van der Waals surface area (Å²) in [6.07, 6.45) is 4.61. The molecular weight excluding hydrogens is 270 g/mol. The third kappa shape index (κ3) is 2.43. The first-order valence-electron chi connectivity index (χ1n) is 7.55. The molecule has 4 unspecified atom stereocenters. The fourth-order valence-electron chi connectivity index (χ4n) is 3.87. The van der Waals surface area contributed by atoms with Gasteiger partial charge in [0, 0.05) is 6.04 Å². The third-order valence-corrected chi connectivity index (χ3v) is 4.82. The van der Waals surface area contributed by atoms with Gasteiger partial charge in [-0.3, -0.25) is 4.79 Å².